The molecule has 1 fully saturated rings. The summed E-state index contributed by atoms with van der Waals surface area (Å²) in [6, 6.07) is 2.50. The molecule has 13 heteroatoms. The van der Waals surface area contributed by atoms with Gasteiger partial charge in [-0.2, -0.15) is 17.5 Å². The normalized spacial score (nSPS) is 16.7. The van der Waals surface area contributed by atoms with Gasteiger partial charge >= 0.3 is 6.18 Å². The molecule has 3 rings (SSSR count). The van der Waals surface area contributed by atoms with E-state index < -0.39 is 37.6 Å². The van der Waals surface area contributed by atoms with E-state index in [1.807, 2.05) is 0 Å². The lowest BCUT2D eigenvalue weighted by Gasteiger charge is -2.30. The van der Waals surface area contributed by atoms with E-state index in [9.17, 15) is 26.4 Å². The van der Waals surface area contributed by atoms with Crippen LogP contribution in [0.2, 0.25) is 5.02 Å². The first kappa shape index (κ1) is 21.9. The zero-order chi connectivity index (χ0) is 21.4. The largest absolute Gasteiger partial charge is 0.417 e. The van der Waals surface area contributed by atoms with Crippen LogP contribution in [0.1, 0.15) is 23.4 Å². The van der Waals surface area contributed by atoms with Crippen LogP contribution in [0.3, 0.4) is 0 Å². The summed E-state index contributed by atoms with van der Waals surface area (Å²) < 4.78 is 65.7. The van der Waals surface area contributed by atoms with Crippen LogP contribution in [0.4, 0.5) is 18.3 Å². The van der Waals surface area contributed by atoms with Crippen molar-refractivity contribution in [3.63, 3.8) is 0 Å². The van der Waals surface area contributed by atoms with Crippen LogP contribution in [0.15, 0.2) is 23.1 Å². The smallest absolute Gasteiger partial charge is 0.300 e. The topological polar surface area (TPSA) is 92.3 Å². The Morgan fingerprint density at radius 1 is 1.28 bits per heavy atom. The van der Waals surface area contributed by atoms with Gasteiger partial charge in [0.2, 0.25) is 21.1 Å². The molecule has 1 aliphatic rings. The molecule has 0 aliphatic carbocycles. The van der Waals surface area contributed by atoms with E-state index in [1.165, 1.54) is 11.3 Å². The van der Waals surface area contributed by atoms with Gasteiger partial charge in [-0.3, -0.25) is 4.79 Å². The number of carbonyl (C=O) groups is 1. The van der Waals surface area contributed by atoms with Gasteiger partial charge in [0.1, 0.15) is 5.01 Å². The maximum absolute atomic E-state index is 13.0. The number of anilines is 1. The molecule has 1 N–H and O–H groups in total. The summed E-state index contributed by atoms with van der Waals surface area (Å²) in [6.07, 6.45) is -4.29. The standard InChI is InChI=1S/C16H16ClF3N4O3S2/c1-9-22-23-15(28-9)21-14(25)10-4-6-24(7-5-10)29(26,27)11-2-3-13(17)12(8-11)16(18,19)20/h2-3,8,10H,4-7H2,1H3,(H,21,23,25). The highest BCUT2D eigenvalue weighted by atomic mass is 35.5. The minimum absolute atomic E-state index is 0.0134. The fourth-order valence-corrected chi connectivity index (χ4v) is 5.26. The second-order valence-electron chi connectivity index (χ2n) is 6.43. The maximum atomic E-state index is 13.0. The number of halogens is 4. The van der Waals surface area contributed by atoms with Crippen LogP contribution in [0.5, 0.6) is 0 Å². The lowest BCUT2D eigenvalue weighted by molar-refractivity contribution is -0.137. The van der Waals surface area contributed by atoms with E-state index in [4.69, 9.17) is 11.6 Å². The van der Waals surface area contributed by atoms with E-state index in [2.05, 4.69) is 15.5 Å². The Kier molecular flexibility index (Phi) is 6.18. The summed E-state index contributed by atoms with van der Waals surface area (Å²) >= 11 is 6.78. The second-order valence-corrected chi connectivity index (χ2v) is 9.96. The lowest BCUT2D eigenvalue weighted by atomic mass is 9.97. The fraction of sp³-hybridized carbons (Fsp3) is 0.438. The first-order valence-electron chi connectivity index (χ1n) is 8.46. The highest BCUT2D eigenvalue weighted by Crippen LogP contribution is 2.36. The number of hydrogen-bond acceptors (Lipinski definition) is 6. The third-order valence-corrected chi connectivity index (χ3v) is 7.44. The SMILES string of the molecule is Cc1nnc(NC(=O)C2CCN(S(=O)(=O)c3ccc(Cl)c(C(F)(F)F)c3)CC2)s1. The number of carbonyl (C=O) groups excluding carboxylic acids is 1. The monoisotopic (exact) mass is 468 g/mol. The van der Waals surface area contributed by atoms with Gasteiger partial charge in [0.15, 0.2) is 0 Å². The molecule has 1 aliphatic heterocycles. The number of alkyl halides is 3. The van der Waals surface area contributed by atoms with Crippen LogP contribution >= 0.6 is 22.9 Å². The Balaban J connectivity index is 1.69. The molecule has 0 saturated carbocycles. The molecule has 2 heterocycles. The molecule has 1 saturated heterocycles. The minimum atomic E-state index is -4.77. The Labute approximate surface area is 173 Å². The van der Waals surface area contributed by atoms with E-state index in [0.29, 0.717) is 16.2 Å². The van der Waals surface area contributed by atoms with Crippen molar-refractivity contribution >= 4 is 44.0 Å². The molecule has 7 nitrogen and oxygen atoms in total. The molecule has 29 heavy (non-hydrogen) atoms. The quantitative estimate of drug-likeness (QED) is 0.740. The fourth-order valence-electron chi connectivity index (χ4n) is 2.94. The predicted octanol–water partition coefficient (Wildman–Crippen LogP) is 3.56. The summed E-state index contributed by atoms with van der Waals surface area (Å²) in [6.45, 7) is 1.77. The summed E-state index contributed by atoms with van der Waals surface area (Å²) in [5.41, 5.74) is -1.21. The van der Waals surface area contributed by atoms with Gasteiger partial charge in [0, 0.05) is 19.0 Å². The van der Waals surface area contributed by atoms with Crippen molar-refractivity contribution in [3.05, 3.63) is 33.8 Å². The molecule has 0 radical (unpaired) electrons. The van der Waals surface area contributed by atoms with Gasteiger partial charge in [0.25, 0.3) is 0 Å². The first-order valence-corrected chi connectivity index (χ1v) is 11.1. The van der Waals surface area contributed by atoms with Crippen LogP contribution in [-0.4, -0.2) is 41.9 Å². The summed E-state index contributed by atoms with van der Waals surface area (Å²) in [5.74, 6) is -0.717. The zero-order valence-electron chi connectivity index (χ0n) is 15.0. The van der Waals surface area contributed by atoms with Crippen molar-refractivity contribution in [3.8, 4) is 0 Å². The molecule has 1 aromatic carbocycles. The molecule has 0 unspecified atom stereocenters. The Bertz CT molecular complexity index is 1020. The lowest BCUT2D eigenvalue weighted by Crippen LogP contribution is -2.41. The van der Waals surface area contributed by atoms with Crippen molar-refractivity contribution < 1.29 is 26.4 Å². The predicted molar refractivity (Wildman–Crippen MR) is 101 cm³/mol. The van der Waals surface area contributed by atoms with Gasteiger partial charge < -0.3 is 5.32 Å². The number of aryl methyl sites for hydroxylation is 1. The molecule has 2 aromatic rings. The number of amides is 1. The van der Waals surface area contributed by atoms with E-state index in [0.717, 1.165) is 16.4 Å². The van der Waals surface area contributed by atoms with E-state index in [-0.39, 0.29) is 31.8 Å². The molecule has 0 spiro atoms. The molecule has 158 valence electrons. The third kappa shape index (κ3) is 4.87. The van der Waals surface area contributed by atoms with Gasteiger partial charge in [-0.05, 0) is 38.0 Å². The highest BCUT2D eigenvalue weighted by Gasteiger charge is 2.37. The number of rotatable bonds is 4. The van der Waals surface area contributed by atoms with Crippen LogP contribution < -0.4 is 5.32 Å². The van der Waals surface area contributed by atoms with E-state index in [1.54, 1.807) is 6.92 Å². The first-order chi connectivity index (χ1) is 13.5. The summed E-state index contributed by atoms with van der Waals surface area (Å²) in [4.78, 5) is 11.8. The minimum Gasteiger partial charge on any atom is -0.300 e. The van der Waals surface area contributed by atoms with Crippen molar-refractivity contribution in [2.24, 2.45) is 5.92 Å². The Morgan fingerprint density at radius 3 is 2.48 bits per heavy atom. The molecule has 0 bridgehead atoms. The van der Waals surface area contributed by atoms with Gasteiger partial charge in [-0.15, -0.1) is 10.2 Å². The molecule has 1 aromatic heterocycles. The average molecular weight is 469 g/mol. The number of piperidine rings is 1. The van der Waals surface area contributed by atoms with Gasteiger partial charge in [0.05, 0.1) is 15.5 Å². The maximum Gasteiger partial charge on any atom is 0.417 e. The van der Waals surface area contributed by atoms with Crippen molar-refractivity contribution in [1.82, 2.24) is 14.5 Å². The number of aromatic nitrogens is 2. The second kappa shape index (κ2) is 8.17. The number of benzene rings is 1. The molecule has 1 amide bonds. The molecular weight excluding hydrogens is 453 g/mol. The van der Waals surface area contributed by atoms with Crippen LogP contribution in [0, 0.1) is 12.8 Å². The highest BCUT2D eigenvalue weighted by molar-refractivity contribution is 7.89. The number of hydrogen-bond donors (Lipinski definition) is 1. The number of nitrogens with zero attached hydrogens (tertiary/aromatic N) is 3. The molecule has 0 atom stereocenters. The number of sulfonamides is 1. The Morgan fingerprint density at radius 2 is 1.93 bits per heavy atom. The van der Waals surface area contributed by atoms with Crippen molar-refractivity contribution in [1.29, 1.82) is 0 Å². The summed E-state index contributed by atoms with van der Waals surface area (Å²) in [5, 5.41) is 10.7. The average Bonchev–Trinajstić information content (AvgIpc) is 3.05. The van der Waals surface area contributed by atoms with Gasteiger partial charge in [-0.25, -0.2) is 8.42 Å². The molecular formula is C16H16ClF3N4O3S2. The Hall–Kier alpha value is -1.76. The van der Waals surface area contributed by atoms with Crippen LogP contribution in [-0.2, 0) is 21.0 Å². The van der Waals surface area contributed by atoms with Crippen LogP contribution in [0.25, 0.3) is 0 Å². The van der Waals surface area contributed by atoms with Gasteiger partial charge in [-0.1, -0.05) is 22.9 Å². The number of nitrogens with one attached hydrogen (secondary N) is 1. The van der Waals surface area contributed by atoms with E-state index >= 15 is 0 Å². The van der Waals surface area contributed by atoms with Crippen molar-refractivity contribution in [2.75, 3.05) is 18.4 Å². The third-order valence-electron chi connectivity index (χ3n) is 4.46. The zero-order valence-corrected chi connectivity index (χ0v) is 17.4. The summed E-state index contributed by atoms with van der Waals surface area (Å²) in [7, 11) is -4.14. The van der Waals surface area contributed by atoms with Crippen molar-refractivity contribution in [2.45, 2.75) is 30.8 Å².